The number of hydrogen-bond acceptors (Lipinski definition) is 4. The zero-order chi connectivity index (χ0) is 14.8. The number of halogens is 1. The quantitative estimate of drug-likeness (QED) is 0.843. The number of hydrogen-bond donors (Lipinski definition) is 2. The van der Waals surface area contributed by atoms with Crippen LogP contribution < -0.4 is 4.72 Å². The Kier molecular flexibility index (Phi) is 4.66. The van der Waals surface area contributed by atoms with E-state index in [2.05, 4.69) is 20.7 Å². The van der Waals surface area contributed by atoms with Crippen LogP contribution in [0.1, 0.15) is 12.5 Å². The largest absolute Gasteiger partial charge is 0.384 e. The van der Waals surface area contributed by atoms with Crippen molar-refractivity contribution in [1.82, 2.24) is 4.72 Å². The molecule has 0 amide bonds. The van der Waals surface area contributed by atoms with Gasteiger partial charge in [0.05, 0.1) is 0 Å². The predicted molar refractivity (Wildman–Crippen MR) is 83.2 cm³/mol. The molecular weight excluding hydrogens is 362 g/mol. The first-order valence-corrected chi connectivity index (χ1v) is 8.98. The van der Waals surface area contributed by atoms with Crippen LogP contribution in [0.4, 0.5) is 0 Å². The first-order chi connectivity index (χ1) is 9.31. The third kappa shape index (κ3) is 3.67. The van der Waals surface area contributed by atoms with Gasteiger partial charge >= 0.3 is 0 Å². The molecule has 20 heavy (non-hydrogen) atoms. The summed E-state index contributed by atoms with van der Waals surface area (Å²) >= 11 is 4.46. The molecule has 7 heteroatoms. The fraction of sp³-hybridized carbons (Fsp3) is 0.231. The molecule has 4 nitrogen and oxygen atoms in total. The summed E-state index contributed by atoms with van der Waals surface area (Å²) in [4.78, 5) is 0. The molecule has 0 fully saturated rings. The van der Waals surface area contributed by atoms with Gasteiger partial charge in [0.25, 0.3) is 0 Å². The van der Waals surface area contributed by atoms with Gasteiger partial charge < -0.3 is 5.11 Å². The van der Waals surface area contributed by atoms with E-state index in [-0.39, 0.29) is 10.8 Å². The number of sulfonamides is 1. The van der Waals surface area contributed by atoms with Crippen molar-refractivity contribution in [3.8, 4) is 0 Å². The Morgan fingerprint density at radius 3 is 2.50 bits per heavy atom. The van der Waals surface area contributed by atoms with Gasteiger partial charge in [0, 0.05) is 11.0 Å². The molecule has 1 heterocycles. The summed E-state index contributed by atoms with van der Waals surface area (Å²) in [6.45, 7) is 1.49. The van der Waals surface area contributed by atoms with Crippen LogP contribution in [0.2, 0.25) is 0 Å². The minimum absolute atomic E-state index is 0.0884. The highest BCUT2D eigenvalue weighted by molar-refractivity contribution is 9.10. The third-order valence-corrected chi connectivity index (χ3v) is 6.16. The number of aliphatic hydroxyl groups is 1. The molecule has 0 saturated carbocycles. The van der Waals surface area contributed by atoms with Crippen LogP contribution in [0.5, 0.6) is 0 Å². The van der Waals surface area contributed by atoms with E-state index in [0.29, 0.717) is 5.56 Å². The van der Waals surface area contributed by atoms with E-state index in [1.54, 1.807) is 42.6 Å². The molecule has 1 aromatic heterocycles. The highest BCUT2D eigenvalue weighted by atomic mass is 79.9. The summed E-state index contributed by atoms with van der Waals surface area (Å²) in [6.07, 6.45) is 0. The van der Waals surface area contributed by atoms with Crippen molar-refractivity contribution in [3.63, 3.8) is 0 Å². The summed E-state index contributed by atoms with van der Waals surface area (Å²) in [5.41, 5.74) is -0.625. The van der Waals surface area contributed by atoms with E-state index in [9.17, 15) is 13.5 Å². The molecule has 0 saturated heterocycles. The Labute approximate surface area is 130 Å². The molecule has 2 aromatic rings. The highest BCUT2D eigenvalue weighted by Crippen LogP contribution is 2.23. The number of thiophene rings is 1. The van der Waals surface area contributed by atoms with Crippen molar-refractivity contribution < 1.29 is 13.5 Å². The van der Waals surface area contributed by atoms with Crippen molar-refractivity contribution in [2.45, 2.75) is 16.7 Å². The summed E-state index contributed by atoms with van der Waals surface area (Å²) in [5, 5.41) is 12.1. The fourth-order valence-electron chi connectivity index (χ4n) is 1.63. The van der Waals surface area contributed by atoms with Crippen molar-refractivity contribution in [2.75, 3.05) is 6.54 Å². The molecule has 2 rings (SSSR count). The van der Waals surface area contributed by atoms with Gasteiger partial charge in [-0.15, -0.1) is 11.3 Å². The van der Waals surface area contributed by atoms with Gasteiger partial charge in [-0.1, -0.05) is 34.1 Å². The summed E-state index contributed by atoms with van der Waals surface area (Å²) in [6, 6.07) is 10.3. The standard InChI is InChI=1S/C13H14BrNO3S2/c1-13(16,10-4-6-11(14)7-5-10)9-15-20(17,18)12-3-2-8-19-12/h2-8,15-16H,9H2,1H3. The molecule has 1 unspecified atom stereocenters. The monoisotopic (exact) mass is 375 g/mol. The van der Waals surface area contributed by atoms with Crippen LogP contribution in [-0.4, -0.2) is 20.1 Å². The second kappa shape index (κ2) is 5.95. The van der Waals surface area contributed by atoms with E-state index < -0.39 is 15.6 Å². The van der Waals surface area contributed by atoms with Crippen LogP contribution in [0.15, 0.2) is 50.5 Å². The molecular formula is C13H14BrNO3S2. The van der Waals surface area contributed by atoms with Crippen molar-refractivity contribution >= 4 is 37.3 Å². The van der Waals surface area contributed by atoms with Crippen LogP contribution >= 0.6 is 27.3 Å². The van der Waals surface area contributed by atoms with Gasteiger partial charge in [-0.2, -0.15) is 0 Å². The Hall–Kier alpha value is -0.730. The maximum Gasteiger partial charge on any atom is 0.250 e. The molecule has 1 aromatic carbocycles. The molecule has 0 aliphatic carbocycles. The maximum atomic E-state index is 12.0. The smallest absolute Gasteiger partial charge is 0.250 e. The fourth-order valence-corrected chi connectivity index (χ4v) is 4.07. The average Bonchev–Trinajstić information content (AvgIpc) is 2.92. The van der Waals surface area contributed by atoms with E-state index in [0.717, 1.165) is 15.8 Å². The van der Waals surface area contributed by atoms with Crippen LogP contribution in [0, 0.1) is 0 Å². The van der Waals surface area contributed by atoms with Gasteiger partial charge in [0.15, 0.2) is 0 Å². The van der Waals surface area contributed by atoms with Crippen molar-refractivity contribution in [1.29, 1.82) is 0 Å². The maximum absolute atomic E-state index is 12.0. The molecule has 0 spiro atoms. The molecule has 0 bridgehead atoms. The third-order valence-electron chi connectivity index (χ3n) is 2.83. The van der Waals surface area contributed by atoms with Crippen LogP contribution in [0.25, 0.3) is 0 Å². The van der Waals surface area contributed by atoms with Gasteiger partial charge in [0.2, 0.25) is 10.0 Å². The Morgan fingerprint density at radius 2 is 1.95 bits per heavy atom. The van der Waals surface area contributed by atoms with Gasteiger partial charge in [-0.05, 0) is 36.1 Å². The lowest BCUT2D eigenvalue weighted by atomic mass is 9.97. The van der Waals surface area contributed by atoms with Crippen LogP contribution in [0.3, 0.4) is 0 Å². The minimum atomic E-state index is -3.57. The molecule has 108 valence electrons. The molecule has 0 aliphatic rings. The van der Waals surface area contributed by atoms with E-state index >= 15 is 0 Å². The predicted octanol–water partition coefficient (Wildman–Crippen LogP) is 2.70. The zero-order valence-corrected chi connectivity index (χ0v) is 13.9. The number of nitrogens with one attached hydrogen (secondary N) is 1. The second-order valence-electron chi connectivity index (χ2n) is 4.54. The average molecular weight is 376 g/mol. The first kappa shape index (κ1) is 15.7. The Balaban J connectivity index is 2.11. The van der Waals surface area contributed by atoms with E-state index in [1.807, 2.05) is 0 Å². The number of rotatable bonds is 5. The lowest BCUT2D eigenvalue weighted by molar-refractivity contribution is 0.0627. The molecule has 1 atom stereocenters. The van der Waals surface area contributed by atoms with Gasteiger partial charge in [-0.25, -0.2) is 13.1 Å². The number of benzene rings is 1. The Bertz CT molecular complexity index is 664. The Morgan fingerprint density at radius 1 is 1.30 bits per heavy atom. The van der Waals surface area contributed by atoms with E-state index in [4.69, 9.17) is 0 Å². The molecule has 0 radical (unpaired) electrons. The summed E-state index contributed by atoms with van der Waals surface area (Å²) in [5.74, 6) is 0. The second-order valence-corrected chi connectivity index (χ2v) is 8.39. The lowest BCUT2D eigenvalue weighted by Crippen LogP contribution is -2.38. The van der Waals surface area contributed by atoms with Crippen molar-refractivity contribution in [3.05, 3.63) is 51.8 Å². The molecule has 0 aliphatic heterocycles. The SMILES string of the molecule is CC(O)(CNS(=O)(=O)c1cccs1)c1ccc(Br)cc1. The minimum Gasteiger partial charge on any atom is -0.384 e. The topological polar surface area (TPSA) is 66.4 Å². The lowest BCUT2D eigenvalue weighted by Gasteiger charge is -2.24. The van der Waals surface area contributed by atoms with Gasteiger partial charge in [0.1, 0.15) is 9.81 Å². The normalized spacial score (nSPS) is 14.9. The van der Waals surface area contributed by atoms with E-state index in [1.165, 1.54) is 6.07 Å². The zero-order valence-electron chi connectivity index (χ0n) is 10.7. The van der Waals surface area contributed by atoms with Gasteiger partial charge in [-0.3, -0.25) is 0 Å². The van der Waals surface area contributed by atoms with Crippen LogP contribution in [-0.2, 0) is 15.6 Å². The first-order valence-electron chi connectivity index (χ1n) is 5.83. The van der Waals surface area contributed by atoms with Crippen molar-refractivity contribution in [2.24, 2.45) is 0 Å². The summed E-state index contributed by atoms with van der Waals surface area (Å²) < 4.78 is 27.6. The summed E-state index contributed by atoms with van der Waals surface area (Å²) in [7, 11) is -3.57. The molecule has 2 N–H and O–H groups in total. The highest BCUT2D eigenvalue weighted by Gasteiger charge is 2.26.